The predicted octanol–water partition coefficient (Wildman–Crippen LogP) is 1.03. The van der Waals surface area contributed by atoms with Gasteiger partial charge < -0.3 is 15.2 Å². The van der Waals surface area contributed by atoms with Crippen molar-refractivity contribution in [3.63, 3.8) is 0 Å². The first kappa shape index (κ1) is 14.9. The summed E-state index contributed by atoms with van der Waals surface area (Å²) in [4.78, 5) is 22.2. The Morgan fingerprint density at radius 2 is 2.00 bits per heavy atom. The van der Waals surface area contributed by atoms with Gasteiger partial charge in [0, 0.05) is 19.1 Å². The molecule has 5 heteroatoms. The van der Waals surface area contributed by atoms with E-state index in [9.17, 15) is 9.59 Å². The Balaban J connectivity index is 4.12. The van der Waals surface area contributed by atoms with Gasteiger partial charge in [-0.3, -0.25) is 9.59 Å². The number of hydrogen-bond acceptors (Lipinski definition) is 3. The van der Waals surface area contributed by atoms with Gasteiger partial charge in [-0.15, -0.1) is 0 Å². The highest BCUT2D eigenvalue weighted by molar-refractivity contribution is 5.81. The van der Waals surface area contributed by atoms with Crippen molar-refractivity contribution < 1.29 is 19.4 Å². The van der Waals surface area contributed by atoms with Gasteiger partial charge in [0.25, 0.3) is 0 Å². The number of aliphatic carboxylic acids is 1. The monoisotopic (exact) mass is 231 g/mol. The molecule has 0 radical (unpaired) electrons. The lowest BCUT2D eigenvalue weighted by atomic mass is 9.89. The molecule has 5 nitrogen and oxygen atoms in total. The van der Waals surface area contributed by atoms with Crippen molar-refractivity contribution in [1.29, 1.82) is 0 Å². The lowest BCUT2D eigenvalue weighted by Gasteiger charge is -2.23. The van der Waals surface area contributed by atoms with Gasteiger partial charge in [-0.25, -0.2) is 0 Å². The van der Waals surface area contributed by atoms with Crippen molar-refractivity contribution in [2.75, 3.05) is 13.7 Å². The highest BCUT2D eigenvalue weighted by Crippen LogP contribution is 2.19. The van der Waals surface area contributed by atoms with Gasteiger partial charge in [0.1, 0.15) is 0 Å². The van der Waals surface area contributed by atoms with Crippen LogP contribution in [0.5, 0.6) is 0 Å². The van der Waals surface area contributed by atoms with Gasteiger partial charge in [-0.2, -0.15) is 0 Å². The number of rotatable bonds is 7. The number of nitrogens with one attached hydrogen (secondary N) is 1. The van der Waals surface area contributed by atoms with Crippen molar-refractivity contribution in [3.05, 3.63) is 0 Å². The SMILES string of the molecule is CCC(C)(C)C(=O)NCC(CC(=O)O)OC. The average Bonchev–Trinajstić information content (AvgIpc) is 2.22. The number of ether oxygens (including phenoxy) is 1. The van der Waals surface area contributed by atoms with Crippen LogP contribution in [0.4, 0.5) is 0 Å². The predicted molar refractivity (Wildman–Crippen MR) is 60.1 cm³/mol. The Labute approximate surface area is 96.2 Å². The average molecular weight is 231 g/mol. The molecule has 0 fully saturated rings. The summed E-state index contributed by atoms with van der Waals surface area (Å²) in [6.07, 6.45) is 0.146. The van der Waals surface area contributed by atoms with Gasteiger partial charge in [-0.1, -0.05) is 20.8 Å². The van der Waals surface area contributed by atoms with Crippen molar-refractivity contribution >= 4 is 11.9 Å². The molecule has 1 unspecified atom stereocenters. The van der Waals surface area contributed by atoms with E-state index in [1.54, 1.807) is 0 Å². The quantitative estimate of drug-likeness (QED) is 0.686. The third-order valence-corrected chi connectivity index (χ3v) is 2.72. The summed E-state index contributed by atoms with van der Waals surface area (Å²) in [5, 5.41) is 11.3. The zero-order valence-electron chi connectivity index (χ0n) is 10.4. The number of hydrogen-bond donors (Lipinski definition) is 2. The first-order valence-corrected chi connectivity index (χ1v) is 5.36. The molecule has 0 aliphatic carbocycles. The van der Waals surface area contributed by atoms with E-state index in [0.717, 1.165) is 6.42 Å². The molecule has 0 bridgehead atoms. The molecule has 2 N–H and O–H groups in total. The minimum atomic E-state index is -0.934. The largest absolute Gasteiger partial charge is 0.481 e. The Bertz CT molecular complexity index is 250. The van der Waals surface area contributed by atoms with Crippen LogP contribution in [-0.2, 0) is 14.3 Å². The zero-order valence-corrected chi connectivity index (χ0v) is 10.4. The lowest BCUT2D eigenvalue weighted by Crippen LogP contribution is -2.41. The van der Waals surface area contributed by atoms with Crippen LogP contribution < -0.4 is 5.32 Å². The van der Waals surface area contributed by atoms with Crippen molar-refractivity contribution in [3.8, 4) is 0 Å². The van der Waals surface area contributed by atoms with E-state index in [-0.39, 0.29) is 18.9 Å². The number of methoxy groups -OCH3 is 1. The van der Waals surface area contributed by atoms with Crippen molar-refractivity contribution in [1.82, 2.24) is 5.32 Å². The molecule has 0 spiro atoms. The highest BCUT2D eigenvalue weighted by Gasteiger charge is 2.25. The number of carbonyl (C=O) groups is 2. The third kappa shape index (κ3) is 5.11. The van der Waals surface area contributed by atoms with Gasteiger partial charge >= 0.3 is 5.97 Å². The zero-order chi connectivity index (χ0) is 12.8. The standard InChI is InChI=1S/C11H21NO4/c1-5-11(2,3)10(15)12-7-8(16-4)6-9(13)14/h8H,5-7H2,1-4H3,(H,12,15)(H,13,14). The summed E-state index contributed by atoms with van der Waals surface area (Å²) in [7, 11) is 1.44. The molecule has 94 valence electrons. The summed E-state index contributed by atoms with van der Waals surface area (Å²) in [5.74, 6) is -1.02. The third-order valence-electron chi connectivity index (χ3n) is 2.72. The van der Waals surface area contributed by atoms with E-state index in [0.29, 0.717) is 0 Å². The minimum absolute atomic E-state index is 0.0811. The lowest BCUT2D eigenvalue weighted by molar-refractivity contribution is -0.140. The Morgan fingerprint density at radius 3 is 2.38 bits per heavy atom. The topological polar surface area (TPSA) is 75.6 Å². The molecule has 0 saturated carbocycles. The van der Waals surface area contributed by atoms with E-state index in [4.69, 9.17) is 9.84 Å². The molecule has 0 aromatic heterocycles. The number of carbonyl (C=O) groups excluding carboxylic acids is 1. The van der Waals surface area contributed by atoms with Crippen molar-refractivity contribution in [2.24, 2.45) is 5.41 Å². The maximum absolute atomic E-state index is 11.7. The molecule has 0 saturated heterocycles. The Hall–Kier alpha value is -1.10. The van der Waals surface area contributed by atoms with E-state index in [1.165, 1.54) is 7.11 Å². The summed E-state index contributed by atoms with van der Waals surface area (Å²) in [5.41, 5.74) is -0.429. The van der Waals surface area contributed by atoms with Crippen LogP contribution in [-0.4, -0.2) is 36.7 Å². The fraction of sp³-hybridized carbons (Fsp3) is 0.818. The molecule has 0 aliphatic rings. The fourth-order valence-electron chi connectivity index (χ4n) is 1.04. The van der Waals surface area contributed by atoms with E-state index in [1.807, 2.05) is 20.8 Å². The fourth-order valence-corrected chi connectivity index (χ4v) is 1.04. The summed E-state index contributed by atoms with van der Waals surface area (Å²) >= 11 is 0. The summed E-state index contributed by atoms with van der Waals surface area (Å²) < 4.78 is 4.96. The summed E-state index contributed by atoms with van der Waals surface area (Å²) in [6, 6.07) is 0. The molecule has 1 amide bonds. The molecular formula is C11H21NO4. The van der Waals surface area contributed by atoms with E-state index < -0.39 is 17.5 Å². The van der Waals surface area contributed by atoms with Crippen LogP contribution in [0, 0.1) is 5.41 Å². The number of amides is 1. The first-order chi connectivity index (χ1) is 7.33. The maximum Gasteiger partial charge on any atom is 0.306 e. The minimum Gasteiger partial charge on any atom is -0.481 e. The Kier molecular flexibility index (Phi) is 6.03. The number of carboxylic acid groups (broad SMARTS) is 1. The van der Waals surface area contributed by atoms with Gasteiger partial charge in [-0.05, 0) is 6.42 Å². The van der Waals surface area contributed by atoms with Crippen LogP contribution in [0.25, 0.3) is 0 Å². The molecule has 16 heavy (non-hydrogen) atoms. The second kappa shape index (κ2) is 6.48. The molecule has 0 heterocycles. The van der Waals surface area contributed by atoms with Crippen LogP contribution in [0.2, 0.25) is 0 Å². The summed E-state index contributed by atoms with van der Waals surface area (Å²) in [6.45, 7) is 5.86. The van der Waals surface area contributed by atoms with Crippen LogP contribution in [0.3, 0.4) is 0 Å². The second-order valence-corrected chi connectivity index (χ2v) is 4.40. The molecule has 0 aliphatic heterocycles. The van der Waals surface area contributed by atoms with Crippen LogP contribution >= 0.6 is 0 Å². The first-order valence-electron chi connectivity index (χ1n) is 5.36. The maximum atomic E-state index is 11.7. The Morgan fingerprint density at radius 1 is 1.44 bits per heavy atom. The van der Waals surface area contributed by atoms with Gasteiger partial charge in [0.05, 0.1) is 12.5 Å². The molecule has 0 aromatic carbocycles. The molecule has 0 aromatic rings. The second-order valence-electron chi connectivity index (χ2n) is 4.40. The van der Waals surface area contributed by atoms with E-state index in [2.05, 4.69) is 5.32 Å². The normalized spacial score (nSPS) is 13.2. The molecule has 0 rings (SSSR count). The van der Waals surface area contributed by atoms with Crippen LogP contribution in [0.15, 0.2) is 0 Å². The smallest absolute Gasteiger partial charge is 0.306 e. The van der Waals surface area contributed by atoms with Crippen LogP contribution in [0.1, 0.15) is 33.6 Å². The molecular weight excluding hydrogens is 210 g/mol. The van der Waals surface area contributed by atoms with Gasteiger partial charge in [0.15, 0.2) is 0 Å². The highest BCUT2D eigenvalue weighted by atomic mass is 16.5. The van der Waals surface area contributed by atoms with E-state index >= 15 is 0 Å². The van der Waals surface area contributed by atoms with Gasteiger partial charge in [0.2, 0.25) is 5.91 Å². The molecule has 1 atom stereocenters. The number of carboxylic acids is 1. The van der Waals surface area contributed by atoms with Crippen molar-refractivity contribution in [2.45, 2.75) is 39.7 Å².